The van der Waals surface area contributed by atoms with Gasteiger partial charge in [-0.15, -0.1) is 0 Å². The van der Waals surface area contributed by atoms with Gasteiger partial charge in [-0.05, 0) is 36.4 Å². The molecule has 1 amide bonds. The quantitative estimate of drug-likeness (QED) is 0.732. The van der Waals surface area contributed by atoms with E-state index in [1.165, 1.54) is 38.4 Å². The summed E-state index contributed by atoms with van der Waals surface area (Å²) in [7, 11) is -0.835. The average molecular weight is 441 g/mol. The predicted molar refractivity (Wildman–Crippen MR) is 107 cm³/mol. The van der Waals surface area contributed by atoms with Gasteiger partial charge in [0.2, 0.25) is 10.0 Å². The van der Waals surface area contributed by atoms with Gasteiger partial charge >= 0.3 is 6.18 Å². The Bertz CT molecular complexity index is 1030. The Kier molecular flexibility index (Phi) is 6.09. The molecule has 30 heavy (non-hydrogen) atoms. The first kappa shape index (κ1) is 22.1. The molecule has 0 aromatic heterocycles. The molecule has 1 fully saturated rings. The van der Waals surface area contributed by atoms with E-state index in [0.717, 1.165) is 16.4 Å². The molecule has 2 aromatic carbocycles. The number of hydrogen-bond donors (Lipinski definition) is 0. The number of carbonyl (C=O) groups is 1. The lowest BCUT2D eigenvalue weighted by Crippen LogP contribution is -2.48. The molecule has 3 rings (SSSR count). The van der Waals surface area contributed by atoms with E-state index in [9.17, 15) is 26.4 Å². The van der Waals surface area contributed by atoms with Crippen LogP contribution < -0.4 is 4.90 Å². The molecular weight excluding hydrogens is 419 g/mol. The van der Waals surface area contributed by atoms with Crippen LogP contribution in [-0.2, 0) is 16.2 Å². The molecule has 0 aliphatic carbocycles. The molecule has 0 unspecified atom stereocenters. The van der Waals surface area contributed by atoms with Gasteiger partial charge in [-0.3, -0.25) is 4.79 Å². The van der Waals surface area contributed by atoms with Crippen LogP contribution in [-0.4, -0.2) is 63.8 Å². The summed E-state index contributed by atoms with van der Waals surface area (Å²) in [5.74, 6) is -0.311. The van der Waals surface area contributed by atoms with Crippen LogP contribution >= 0.6 is 0 Å². The van der Waals surface area contributed by atoms with Gasteiger partial charge in [-0.2, -0.15) is 13.2 Å². The number of alkyl halides is 3. The molecule has 0 bridgehead atoms. The minimum atomic E-state index is -4.41. The Balaban J connectivity index is 1.71. The maximum Gasteiger partial charge on any atom is 0.416 e. The number of hydrogen-bond acceptors (Lipinski definition) is 4. The van der Waals surface area contributed by atoms with Gasteiger partial charge in [-0.1, -0.05) is 12.1 Å². The predicted octanol–water partition coefficient (Wildman–Crippen LogP) is 2.92. The lowest BCUT2D eigenvalue weighted by Gasteiger charge is -2.36. The number of anilines is 1. The second kappa shape index (κ2) is 8.27. The third-order valence-corrected chi connectivity index (χ3v) is 6.78. The first-order valence-electron chi connectivity index (χ1n) is 9.24. The molecule has 0 atom stereocenters. The molecular formula is C20H22F3N3O3S. The molecule has 1 heterocycles. The summed E-state index contributed by atoms with van der Waals surface area (Å²) in [5.41, 5.74) is -0.00105. The molecule has 1 saturated heterocycles. The maximum atomic E-state index is 12.9. The lowest BCUT2D eigenvalue weighted by atomic mass is 10.1. The molecule has 0 saturated carbocycles. The summed E-state index contributed by atoms with van der Waals surface area (Å²) in [6, 6.07) is 11.0. The Morgan fingerprint density at radius 3 is 2.20 bits per heavy atom. The second-order valence-electron chi connectivity index (χ2n) is 7.14. The van der Waals surface area contributed by atoms with E-state index in [0.29, 0.717) is 31.9 Å². The summed E-state index contributed by atoms with van der Waals surface area (Å²) in [5, 5.41) is 0. The summed E-state index contributed by atoms with van der Waals surface area (Å²) < 4.78 is 64.5. The Labute approximate surface area is 173 Å². The van der Waals surface area contributed by atoms with Crippen LogP contribution in [0.3, 0.4) is 0 Å². The molecule has 1 aliphatic rings. The standard InChI is InChI=1S/C20H22F3N3O3S/c1-24(2)30(28,29)18-8-3-5-15(13-18)19(27)26-11-9-25(10-12-26)17-7-4-6-16(14-17)20(21,22)23/h3-8,13-14H,9-12H2,1-2H3. The van der Waals surface area contributed by atoms with Crippen LogP contribution in [0.25, 0.3) is 0 Å². The summed E-state index contributed by atoms with van der Waals surface area (Å²) >= 11 is 0. The molecule has 162 valence electrons. The first-order valence-corrected chi connectivity index (χ1v) is 10.7. The third kappa shape index (κ3) is 4.59. The number of sulfonamides is 1. The molecule has 0 N–H and O–H groups in total. The molecule has 1 aliphatic heterocycles. The van der Waals surface area contributed by atoms with E-state index in [1.54, 1.807) is 21.9 Å². The van der Waals surface area contributed by atoms with Crippen molar-refractivity contribution in [3.8, 4) is 0 Å². The van der Waals surface area contributed by atoms with Crippen molar-refractivity contribution in [2.24, 2.45) is 0 Å². The topological polar surface area (TPSA) is 60.9 Å². The summed E-state index contributed by atoms with van der Waals surface area (Å²) in [6.45, 7) is 1.39. The van der Waals surface area contributed by atoms with Crippen molar-refractivity contribution in [3.05, 3.63) is 59.7 Å². The van der Waals surface area contributed by atoms with Crippen molar-refractivity contribution in [3.63, 3.8) is 0 Å². The summed E-state index contributed by atoms with van der Waals surface area (Å²) in [6.07, 6.45) is -4.41. The van der Waals surface area contributed by atoms with E-state index in [4.69, 9.17) is 0 Å². The van der Waals surface area contributed by atoms with Crippen molar-refractivity contribution in [2.75, 3.05) is 45.2 Å². The van der Waals surface area contributed by atoms with Crippen LogP contribution in [0.4, 0.5) is 18.9 Å². The number of benzene rings is 2. The van der Waals surface area contributed by atoms with Crippen molar-refractivity contribution >= 4 is 21.6 Å². The van der Waals surface area contributed by atoms with Crippen molar-refractivity contribution in [1.29, 1.82) is 0 Å². The van der Waals surface area contributed by atoms with Gasteiger partial charge in [0.25, 0.3) is 5.91 Å². The monoisotopic (exact) mass is 441 g/mol. The van der Waals surface area contributed by atoms with Crippen molar-refractivity contribution < 1.29 is 26.4 Å². The molecule has 0 radical (unpaired) electrons. The van der Waals surface area contributed by atoms with Gasteiger partial charge in [0.15, 0.2) is 0 Å². The van der Waals surface area contributed by atoms with E-state index < -0.39 is 21.8 Å². The number of rotatable bonds is 4. The smallest absolute Gasteiger partial charge is 0.368 e. The van der Waals surface area contributed by atoms with E-state index in [2.05, 4.69) is 0 Å². The van der Waals surface area contributed by atoms with Crippen LogP contribution in [0.2, 0.25) is 0 Å². The van der Waals surface area contributed by atoms with Crippen LogP contribution in [0.5, 0.6) is 0 Å². The van der Waals surface area contributed by atoms with Crippen LogP contribution in [0, 0.1) is 0 Å². The highest BCUT2D eigenvalue weighted by Gasteiger charge is 2.31. The zero-order valence-corrected chi connectivity index (χ0v) is 17.4. The fourth-order valence-corrected chi connectivity index (χ4v) is 4.18. The lowest BCUT2D eigenvalue weighted by molar-refractivity contribution is -0.137. The second-order valence-corrected chi connectivity index (χ2v) is 9.29. The number of piperazine rings is 1. The van der Waals surface area contributed by atoms with Crippen LogP contribution in [0.1, 0.15) is 15.9 Å². The molecule has 10 heteroatoms. The Morgan fingerprint density at radius 2 is 1.60 bits per heavy atom. The number of amides is 1. The van der Waals surface area contributed by atoms with Crippen molar-refractivity contribution in [1.82, 2.24) is 9.21 Å². The fraction of sp³-hybridized carbons (Fsp3) is 0.350. The number of halogens is 3. The van der Waals surface area contributed by atoms with E-state index in [1.807, 2.05) is 0 Å². The minimum absolute atomic E-state index is 0.0287. The van der Waals surface area contributed by atoms with Gasteiger partial charge in [0, 0.05) is 51.5 Å². The largest absolute Gasteiger partial charge is 0.416 e. The fourth-order valence-electron chi connectivity index (χ4n) is 3.23. The van der Waals surface area contributed by atoms with Gasteiger partial charge < -0.3 is 9.80 Å². The normalized spacial score (nSPS) is 15.5. The van der Waals surface area contributed by atoms with Gasteiger partial charge in [0.05, 0.1) is 10.5 Å². The highest BCUT2D eigenvalue weighted by molar-refractivity contribution is 7.89. The summed E-state index contributed by atoms with van der Waals surface area (Å²) in [4.78, 5) is 16.2. The minimum Gasteiger partial charge on any atom is -0.368 e. The van der Waals surface area contributed by atoms with Crippen LogP contribution in [0.15, 0.2) is 53.4 Å². The zero-order valence-electron chi connectivity index (χ0n) is 16.6. The maximum absolute atomic E-state index is 12.9. The third-order valence-electron chi connectivity index (χ3n) is 4.97. The highest BCUT2D eigenvalue weighted by atomic mass is 32.2. The van der Waals surface area contributed by atoms with Gasteiger partial charge in [0.1, 0.15) is 0 Å². The van der Waals surface area contributed by atoms with E-state index >= 15 is 0 Å². The van der Waals surface area contributed by atoms with Crippen molar-refractivity contribution in [2.45, 2.75) is 11.1 Å². The average Bonchev–Trinajstić information content (AvgIpc) is 2.73. The van der Waals surface area contributed by atoms with Gasteiger partial charge in [-0.25, -0.2) is 12.7 Å². The number of carbonyl (C=O) groups excluding carboxylic acids is 1. The SMILES string of the molecule is CN(C)S(=O)(=O)c1cccc(C(=O)N2CCN(c3cccc(C(F)(F)F)c3)CC2)c1. The first-order chi connectivity index (χ1) is 14.0. The zero-order chi connectivity index (χ0) is 22.1. The molecule has 6 nitrogen and oxygen atoms in total. The Hall–Kier alpha value is -2.59. The van der Waals surface area contributed by atoms with E-state index in [-0.39, 0.29) is 16.4 Å². The highest BCUT2D eigenvalue weighted by Crippen LogP contribution is 2.32. The molecule has 2 aromatic rings. The number of nitrogens with zero attached hydrogens (tertiary/aromatic N) is 3. The Morgan fingerprint density at radius 1 is 0.967 bits per heavy atom. The molecule has 0 spiro atoms.